The molecule has 2 aromatic heterocycles. The second kappa shape index (κ2) is 6.91. The molecule has 4 rings (SSSR count). The Bertz CT molecular complexity index is 1040. The lowest BCUT2D eigenvalue weighted by molar-refractivity contribution is 0.754. The van der Waals surface area contributed by atoms with Crippen molar-refractivity contribution in [1.29, 1.82) is 10.5 Å². The first-order valence-electron chi connectivity index (χ1n) is 8.23. The van der Waals surface area contributed by atoms with Crippen LogP contribution in [0.3, 0.4) is 0 Å². The lowest BCUT2D eigenvalue weighted by Crippen LogP contribution is -2.18. The third-order valence-electron chi connectivity index (χ3n) is 4.54. The highest BCUT2D eigenvalue weighted by atomic mass is 32.2. The standard InChI is InChI=1S/C18H16N6S2/c1-11-2-3-14(17-16(11)13(7-20)8-21-17)23-26-15-9-22-18(25-15)24-5-4-12(6-19)10-24/h2-3,8-9,12,21,23H,4-5,10H2,1H3. The van der Waals surface area contributed by atoms with E-state index in [0.29, 0.717) is 5.56 Å². The van der Waals surface area contributed by atoms with Crippen molar-refractivity contribution in [1.82, 2.24) is 9.97 Å². The third-order valence-corrected chi connectivity index (χ3v) is 6.52. The number of fused-ring (bicyclic) bond motifs is 1. The van der Waals surface area contributed by atoms with Crippen molar-refractivity contribution in [2.45, 2.75) is 17.6 Å². The molecule has 0 radical (unpaired) electrons. The minimum Gasteiger partial charge on any atom is -0.358 e. The van der Waals surface area contributed by atoms with Gasteiger partial charge in [0.25, 0.3) is 0 Å². The number of thiazole rings is 1. The fourth-order valence-corrected chi connectivity index (χ4v) is 4.87. The molecule has 2 N–H and O–H groups in total. The molecule has 1 aliphatic heterocycles. The zero-order chi connectivity index (χ0) is 18.1. The van der Waals surface area contributed by atoms with Crippen molar-refractivity contribution < 1.29 is 0 Å². The quantitative estimate of drug-likeness (QED) is 0.657. The molecule has 3 aromatic rings. The molecule has 1 atom stereocenters. The number of aromatic nitrogens is 2. The first-order valence-corrected chi connectivity index (χ1v) is 9.87. The van der Waals surface area contributed by atoms with Crippen LogP contribution < -0.4 is 9.62 Å². The van der Waals surface area contributed by atoms with Gasteiger partial charge >= 0.3 is 0 Å². The summed E-state index contributed by atoms with van der Waals surface area (Å²) in [4.78, 5) is 9.87. The van der Waals surface area contributed by atoms with E-state index in [1.54, 1.807) is 17.5 Å². The van der Waals surface area contributed by atoms with Gasteiger partial charge in [-0.15, -0.1) is 0 Å². The fraction of sp³-hybridized carbons (Fsp3) is 0.278. The molecule has 3 heterocycles. The SMILES string of the molecule is Cc1ccc(NSc2cnc(N3CCC(C#N)C3)s2)c2[nH]cc(C#N)c12. The van der Waals surface area contributed by atoms with E-state index >= 15 is 0 Å². The number of H-pyrrole nitrogens is 1. The molecule has 8 heteroatoms. The van der Waals surface area contributed by atoms with Crippen LogP contribution in [0.5, 0.6) is 0 Å². The van der Waals surface area contributed by atoms with Crippen LogP contribution in [0, 0.1) is 35.5 Å². The summed E-state index contributed by atoms with van der Waals surface area (Å²) >= 11 is 3.13. The highest BCUT2D eigenvalue weighted by Crippen LogP contribution is 2.35. The Morgan fingerprint density at radius 2 is 2.31 bits per heavy atom. The maximum Gasteiger partial charge on any atom is 0.186 e. The van der Waals surface area contributed by atoms with Gasteiger partial charge in [0.05, 0.1) is 35.0 Å². The van der Waals surface area contributed by atoms with Gasteiger partial charge in [-0.05, 0) is 36.9 Å². The zero-order valence-electron chi connectivity index (χ0n) is 14.1. The molecule has 1 aromatic carbocycles. The van der Waals surface area contributed by atoms with Crippen LogP contribution in [0.25, 0.3) is 10.9 Å². The van der Waals surface area contributed by atoms with Crippen molar-refractivity contribution in [2.75, 3.05) is 22.7 Å². The number of rotatable bonds is 4. The normalized spacial score (nSPS) is 16.6. The molecular weight excluding hydrogens is 364 g/mol. The van der Waals surface area contributed by atoms with Gasteiger partial charge in [0.2, 0.25) is 0 Å². The summed E-state index contributed by atoms with van der Waals surface area (Å²) in [6.45, 7) is 3.66. The Hall–Kier alpha value is -2.68. The van der Waals surface area contributed by atoms with Gasteiger partial charge in [0.1, 0.15) is 10.3 Å². The van der Waals surface area contributed by atoms with E-state index < -0.39 is 0 Å². The smallest absolute Gasteiger partial charge is 0.186 e. The molecule has 130 valence electrons. The summed E-state index contributed by atoms with van der Waals surface area (Å²) < 4.78 is 4.42. The topological polar surface area (TPSA) is 91.5 Å². The summed E-state index contributed by atoms with van der Waals surface area (Å²) in [5.74, 6) is 0.108. The summed E-state index contributed by atoms with van der Waals surface area (Å²) in [6, 6.07) is 8.60. The number of benzene rings is 1. The maximum atomic E-state index is 9.26. The Morgan fingerprint density at radius 1 is 1.42 bits per heavy atom. The van der Waals surface area contributed by atoms with Gasteiger partial charge in [-0.1, -0.05) is 17.4 Å². The van der Waals surface area contributed by atoms with Crippen LogP contribution >= 0.6 is 23.3 Å². The van der Waals surface area contributed by atoms with Crippen LogP contribution in [0.1, 0.15) is 17.5 Å². The average molecular weight is 381 g/mol. The summed E-state index contributed by atoms with van der Waals surface area (Å²) in [5.41, 5.74) is 3.62. The Kier molecular flexibility index (Phi) is 4.46. The lowest BCUT2D eigenvalue weighted by Gasteiger charge is -2.12. The number of aromatic amines is 1. The van der Waals surface area contributed by atoms with Gasteiger partial charge in [0.15, 0.2) is 5.13 Å². The molecule has 6 nitrogen and oxygen atoms in total. The zero-order valence-corrected chi connectivity index (χ0v) is 15.7. The molecule has 0 bridgehead atoms. The molecule has 1 fully saturated rings. The molecule has 0 aliphatic carbocycles. The van der Waals surface area contributed by atoms with Crippen molar-refractivity contribution in [3.05, 3.63) is 35.7 Å². The number of hydrogen-bond donors (Lipinski definition) is 2. The number of aryl methyl sites for hydroxylation is 1. The number of anilines is 2. The predicted octanol–water partition coefficient (Wildman–Crippen LogP) is 4.27. The Balaban J connectivity index is 1.50. The molecule has 0 amide bonds. The number of nitriles is 2. The van der Waals surface area contributed by atoms with Crippen LogP contribution in [0.15, 0.2) is 28.7 Å². The maximum absolute atomic E-state index is 9.26. The lowest BCUT2D eigenvalue weighted by atomic mass is 10.1. The van der Waals surface area contributed by atoms with Crippen LogP contribution in [-0.4, -0.2) is 23.1 Å². The van der Waals surface area contributed by atoms with Gasteiger partial charge in [-0.2, -0.15) is 10.5 Å². The molecule has 26 heavy (non-hydrogen) atoms. The minimum atomic E-state index is 0.108. The van der Waals surface area contributed by atoms with Crippen LogP contribution in [-0.2, 0) is 0 Å². The molecule has 0 spiro atoms. The summed E-state index contributed by atoms with van der Waals surface area (Å²) in [7, 11) is 0. The van der Waals surface area contributed by atoms with Crippen molar-refractivity contribution in [2.24, 2.45) is 5.92 Å². The molecule has 1 aliphatic rings. The first kappa shape index (κ1) is 16.8. The van der Waals surface area contributed by atoms with Crippen LogP contribution in [0.2, 0.25) is 0 Å². The summed E-state index contributed by atoms with van der Waals surface area (Å²) in [6.07, 6.45) is 4.52. The molecular formula is C18H16N6S2. The molecule has 0 saturated carbocycles. The van der Waals surface area contributed by atoms with Crippen molar-refractivity contribution >= 4 is 45.0 Å². The van der Waals surface area contributed by atoms with Crippen molar-refractivity contribution in [3.63, 3.8) is 0 Å². The van der Waals surface area contributed by atoms with Gasteiger partial charge < -0.3 is 14.6 Å². The average Bonchev–Trinajstić information content (AvgIpc) is 3.39. The predicted molar refractivity (Wildman–Crippen MR) is 105 cm³/mol. The highest BCUT2D eigenvalue weighted by Gasteiger charge is 2.24. The fourth-order valence-electron chi connectivity index (χ4n) is 3.18. The van der Waals surface area contributed by atoms with Gasteiger partial charge in [-0.25, -0.2) is 4.98 Å². The van der Waals surface area contributed by atoms with E-state index in [0.717, 1.165) is 51.0 Å². The highest BCUT2D eigenvalue weighted by molar-refractivity contribution is 8.02. The minimum absolute atomic E-state index is 0.108. The van der Waals surface area contributed by atoms with Gasteiger partial charge in [-0.3, -0.25) is 0 Å². The Morgan fingerprint density at radius 3 is 3.08 bits per heavy atom. The monoisotopic (exact) mass is 380 g/mol. The number of nitrogens with one attached hydrogen (secondary N) is 2. The summed E-state index contributed by atoms with van der Waals surface area (Å²) in [5, 5.41) is 20.2. The number of hydrogen-bond acceptors (Lipinski definition) is 7. The van der Waals surface area contributed by atoms with E-state index in [1.165, 1.54) is 11.9 Å². The molecule has 1 saturated heterocycles. The first-order chi connectivity index (χ1) is 12.7. The van der Waals surface area contributed by atoms with E-state index in [4.69, 9.17) is 5.26 Å². The van der Waals surface area contributed by atoms with E-state index in [9.17, 15) is 5.26 Å². The second-order valence-electron chi connectivity index (χ2n) is 6.22. The third kappa shape index (κ3) is 2.98. The van der Waals surface area contributed by atoms with Gasteiger partial charge in [0, 0.05) is 24.7 Å². The van der Waals surface area contributed by atoms with Crippen LogP contribution in [0.4, 0.5) is 10.8 Å². The Labute approximate surface area is 159 Å². The van der Waals surface area contributed by atoms with Crippen molar-refractivity contribution in [3.8, 4) is 12.1 Å². The van der Waals surface area contributed by atoms with E-state index in [-0.39, 0.29) is 5.92 Å². The largest absolute Gasteiger partial charge is 0.358 e. The van der Waals surface area contributed by atoms with E-state index in [1.807, 2.05) is 25.3 Å². The molecule has 1 unspecified atom stereocenters. The number of nitrogens with zero attached hydrogens (tertiary/aromatic N) is 4. The second-order valence-corrected chi connectivity index (χ2v) is 8.34. The van der Waals surface area contributed by atoms with E-state index in [2.05, 4.69) is 31.7 Å².